The van der Waals surface area contributed by atoms with Crippen molar-refractivity contribution in [3.05, 3.63) is 58.1 Å². The summed E-state index contributed by atoms with van der Waals surface area (Å²) in [5, 5.41) is 7.27. The van der Waals surface area contributed by atoms with Crippen LogP contribution in [-0.4, -0.2) is 18.3 Å². The van der Waals surface area contributed by atoms with Gasteiger partial charge in [0.25, 0.3) is 0 Å². The third kappa shape index (κ3) is 5.44. The molecule has 0 aliphatic carbocycles. The zero-order valence-electron chi connectivity index (χ0n) is 13.2. The zero-order chi connectivity index (χ0) is 17.5. The number of para-hydroxylation sites is 1. The second-order valence-corrected chi connectivity index (χ2v) is 5.98. The maximum atomic E-state index is 11.7. The summed E-state index contributed by atoms with van der Waals surface area (Å²) < 4.78 is 5.55. The Hall–Kier alpha value is -2.24. The third-order valence-electron chi connectivity index (χ3n) is 2.79. The number of carbonyl (C=O) groups is 1. The van der Waals surface area contributed by atoms with E-state index in [4.69, 9.17) is 27.9 Å². The Balaban J connectivity index is 1.98. The van der Waals surface area contributed by atoms with Gasteiger partial charge in [0.15, 0.2) is 5.75 Å². The SMILES string of the molecule is CC(C)Oc1c(Cl)cc(/C=N/NC(=O)Nc2ccccc2)cc1Cl. The number of ether oxygens (including phenoxy) is 1. The molecule has 2 aromatic carbocycles. The molecule has 0 atom stereocenters. The first kappa shape index (κ1) is 18.1. The third-order valence-corrected chi connectivity index (χ3v) is 3.35. The van der Waals surface area contributed by atoms with Gasteiger partial charge in [0.05, 0.1) is 22.4 Å². The highest BCUT2D eigenvalue weighted by Gasteiger charge is 2.10. The molecule has 0 saturated carbocycles. The first-order valence-electron chi connectivity index (χ1n) is 7.26. The normalized spacial score (nSPS) is 10.9. The fraction of sp³-hybridized carbons (Fsp3) is 0.176. The summed E-state index contributed by atoms with van der Waals surface area (Å²) in [6.07, 6.45) is 1.41. The quantitative estimate of drug-likeness (QED) is 0.582. The topological polar surface area (TPSA) is 62.7 Å². The van der Waals surface area contributed by atoms with Gasteiger partial charge in [0.1, 0.15) is 0 Å². The number of nitrogens with one attached hydrogen (secondary N) is 2. The van der Waals surface area contributed by atoms with E-state index in [1.54, 1.807) is 24.3 Å². The van der Waals surface area contributed by atoms with E-state index in [0.717, 1.165) is 0 Å². The van der Waals surface area contributed by atoms with E-state index in [0.29, 0.717) is 27.0 Å². The number of rotatable bonds is 5. The molecule has 24 heavy (non-hydrogen) atoms. The van der Waals surface area contributed by atoms with E-state index in [9.17, 15) is 4.79 Å². The molecule has 7 heteroatoms. The van der Waals surface area contributed by atoms with Gasteiger partial charge < -0.3 is 10.1 Å². The lowest BCUT2D eigenvalue weighted by molar-refractivity contribution is 0.242. The minimum Gasteiger partial charge on any atom is -0.488 e. The van der Waals surface area contributed by atoms with Crippen molar-refractivity contribution < 1.29 is 9.53 Å². The van der Waals surface area contributed by atoms with Crippen LogP contribution in [0.4, 0.5) is 10.5 Å². The number of nitrogens with zero attached hydrogens (tertiary/aromatic N) is 1. The minimum atomic E-state index is -0.450. The van der Waals surface area contributed by atoms with E-state index >= 15 is 0 Å². The number of hydrogen-bond acceptors (Lipinski definition) is 3. The van der Waals surface area contributed by atoms with E-state index in [-0.39, 0.29) is 6.10 Å². The van der Waals surface area contributed by atoms with Crippen LogP contribution < -0.4 is 15.5 Å². The molecule has 0 heterocycles. The van der Waals surface area contributed by atoms with Crippen LogP contribution in [0.25, 0.3) is 0 Å². The molecule has 126 valence electrons. The van der Waals surface area contributed by atoms with Crippen LogP contribution in [0.3, 0.4) is 0 Å². The van der Waals surface area contributed by atoms with Gasteiger partial charge in [-0.05, 0) is 43.7 Å². The molecule has 0 aliphatic heterocycles. The molecule has 5 nitrogen and oxygen atoms in total. The molecule has 2 rings (SSSR count). The molecule has 0 unspecified atom stereocenters. The van der Waals surface area contributed by atoms with Gasteiger partial charge in [-0.25, -0.2) is 10.2 Å². The highest BCUT2D eigenvalue weighted by molar-refractivity contribution is 6.37. The summed E-state index contributed by atoms with van der Waals surface area (Å²) in [5.41, 5.74) is 3.68. The summed E-state index contributed by atoms with van der Waals surface area (Å²) in [7, 11) is 0. The Labute approximate surface area is 150 Å². The van der Waals surface area contributed by atoms with Crippen molar-refractivity contribution in [1.82, 2.24) is 5.43 Å². The van der Waals surface area contributed by atoms with Crippen LogP contribution in [0, 0.1) is 0 Å². The summed E-state index contributed by atoms with van der Waals surface area (Å²) in [5.74, 6) is 0.431. The lowest BCUT2D eigenvalue weighted by atomic mass is 10.2. The van der Waals surface area contributed by atoms with Crippen LogP contribution in [0.5, 0.6) is 5.75 Å². The molecule has 0 bridgehead atoms. The standard InChI is InChI=1S/C17H17Cl2N3O2/c1-11(2)24-16-14(18)8-12(9-15(16)19)10-20-22-17(23)21-13-6-4-3-5-7-13/h3-11H,1-2H3,(H2,21,22,23)/b20-10+. The van der Waals surface area contributed by atoms with Crippen molar-refractivity contribution in [3.63, 3.8) is 0 Å². The van der Waals surface area contributed by atoms with Crippen LogP contribution in [0.15, 0.2) is 47.6 Å². The smallest absolute Gasteiger partial charge is 0.339 e. The maximum absolute atomic E-state index is 11.7. The van der Waals surface area contributed by atoms with Gasteiger partial charge in [-0.2, -0.15) is 5.10 Å². The van der Waals surface area contributed by atoms with Crippen LogP contribution >= 0.6 is 23.2 Å². The molecular weight excluding hydrogens is 349 g/mol. The molecule has 0 aromatic heterocycles. The summed E-state index contributed by atoms with van der Waals surface area (Å²) in [6.45, 7) is 3.77. The first-order valence-corrected chi connectivity index (χ1v) is 8.02. The van der Waals surface area contributed by atoms with Crippen molar-refractivity contribution >= 4 is 41.1 Å². The van der Waals surface area contributed by atoms with Crippen molar-refractivity contribution in [1.29, 1.82) is 0 Å². The highest BCUT2D eigenvalue weighted by Crippen LogP contribution is 2.34. The molecule has 2 aromatic rings. The van der Waals surface area contributed by atoms with Gasteiger partial charge in [-0.15, -0.1) is 0 Å². The average molecular weight is 366 g/mol. The van der Waals surface area contributed by atoms with Gasteiger partial charge in [-0.1, -0.05) is 41.4 Å². The Kier molecular flexibility index (Phi) is 6.46. The lowest BCUT2D eigenvalue weighted by Crippen LogP contribution is -2.24. The molecule has 0 radical (unpaired) electrons. The van der Waals surface area contributed by atoms with Gasteiger partial charge in [0.2, 0.25) is 0 Å². The number of carbonyl (C=O) groups excluding carboxylic acids is 1. The Morgan fingerprint density at radius 2 is 1.79 bits per heavy atom. The summed E-state index contributed by atoms with van der Waals surface area (Å²) in [6, 6.07) is 11.9. The number of urea groups is 1. The Morgan fingerprint density at radius 3 is 2.38 bits per heavy atom. The molecule has 2 N–H and O–H groups in total. The maximum Gasteiger partial charge on any atom is 0.339 e. The van der Waals surface area contributed by atoms with E-state index in [1.165, 1.54) is 6.21 Å². The van der Waals surface area contributed by atoms with Crippen LogP contribution in [0.1, 0.15) is 19.4 Å². The van der Waals surface area contributed by atoms with E-state index in [1.807, 2.05) is 32.0 Å². The summed E-state index contributed by atoms with van der Waals surface area (Å²) in [4.78, 5) is 11.7. The molecule has 2 amide bonds. The molecule has 0 spiro atoms. The predicted octanol–water partition coefficient (Wildman–Crippen LogP) is 4.94. The number of hydrogen-bond donors (Lipinski definition) is 2. The van der Waals surface area contributed by atoms with Gasteiger partial charge >= 0.3 is 6.03 Å². The highest BCUT2D eigenvalue weighted by atomic mass is 35.5. The zero-order valence-corrected chi connectivity index (χ0v) is 14.7. The van der Waals surface area contributed by atoms with Crippen LogP contribution in [0.2, 0.25) is 10.0 Å². The molecule has 0 saturated heterocycles. The molecular formula is C17H17Cl2N3O2. The predicted molar refractivity (Wildman–Crippen MR) is 98.4 cm³/mol. The van der Waals surface area contributed by atoms with Crippen LogP contribution in [-0.2, 0) is 0 Å². The second kappa shape index (κ2) is 8.57. The van der Waals surface area contributed by atoms with Gasteiger partial charge in [-0.3, -0.25) is 0 Å². The minimum absolute atomic E-state index is 0.0390. The second-order valence-electron chi connectivity index (χ2n) is 5.17. The van der Waals surface area contributed by atoms with Gasteiger partial charge in [0, 0.05) is 5.69 Å². The fourth-order valence-corrected chi connectivity index (χ4v) is 2.44. The van der Waals surface area contributed by atoms with Crippen molar-refractivity contribution in [2.24, 2.45) is 5.10 Å². The Bertz CT molecular complexity index is 711. The fourth-order valence-electron chi connectivity index (χ4n) is 1.85. The van der Waals surface area contributed by atoms with Crippen molar-refractivity contribution in [2.45, 2.75) is 20.0 Å². The largest absolute Gasteiger partial charge is 0.488 e. The van der Waals surface area contributed by atoms with Crippen molar-refractivity contribution in [3.8, 4) is 5.75 Å². The monoisotopic (exact) mass is 365 g/mol. The Morgan fingerprint density at radius 1 is 1.17 bits per heavy atom. The average Bonchev–Trinajstić information content (AvgIpc) is 2.52. The number of hydrazone groups is 1. The number of benzene rings is 2. The first-order chi connectivity index (χ1) is 11.5. The van der Waals surface area contributed by atoms with E-state index < -0.39 is 6.03 Å². The lowest BCUT2D eigenvalue weighted by Gasteiger charge is -2.13. The number of anilines is 1. The molecule has 0 fully saturated rings. The van der Waals surface area contributed by atoms with E-state index in [2.05, 4.69) is 15.8 Å². The number of halogens is 2. The summed E-state index contributed by atoms with van der Waals surface area (Å²) >= 11 is 12.3. The number of amides is 2. The molecule has 0 aliphatic rings. The van der Waals surface area contributed by atoms with Crippen molar-refractivity contribution in [2.75, 3.05) is 5.32 Å².